The number of allylic oxidation sites excluding steroid dienone is 2. The first-order chi connectivity index (χ1) is 9.90. The fourth-order valence-electron chi connectivity index (χ4n) is 1.58. The lowest BCUT2D eigenvalue weighted by atomic mass is 10.5. The van der Waals surface area contributed by atoms with Gasteiger partial charge in [-0.05, 0) is 27.7 Å². The van der Waals surface area contributed by atoms with Crippen LogP contribution in [-0.2, 0) is 9.84 Å². The highest BCUT2D eigenvalue weighted by atomic mass is 32.2. The minimum atomic E-state index is -4.08. The maximum atomic E-state index is 12.4. The Balaban J connectivity index is 5.82. The smallest absolute Gasteiger partial charge is 0.229 e. The Bertz CT molecular complexity index is 525. The number of hydrogen-bond acceptors (Lipinski definition) is 6. The van der Waals surface area contributed by atoms with Crippen LogP contribution in [0.1, 0.15) is 27.7 Å². The lowest BCUT2D eigenvalue weighted by Gasteiger charge is -2.17. The molecule has 0 heterocycles. The van der Waals surface area contributed by atoms with Crippen LogP contribution in [0.15, 0.2) is 22.2 Å². The molecule has 0 saturated carbocycles. The average Bonchev–Trinajstić information content (AvgIpc) is 2.49. The highest BCUT2D eigenvalue weighted by Gasteiger charge is 2.25. The summed E-state index contributed by atoms with van der Waals surface area (Å²) in [6, 6.07) is 3.37. The van der Waals surface area contributed by atoms with Crippen LogP contribution in [0.3, 0.4) is 0 Å². The van der Waals surface area contributed by atoms with Crippen molar-refractivity contribution in [3.63, 3.8) is 0 Å². The zero-order valence-electron chi connectivity index (χ0n) is 13.0. The molecule has 6 nitrogen and oxygen atoms in total. The highest BCUT2D eigenvalue weighted by molar-refractivity contribution is 7.99. The standard InChI is InChI=1S/C14H22N4O2S/c1-5-17(6-2)11-13(9-15)21(19,20)14(10-16)12-18(7-3)8-4/h11-12H,5-8H2,1-4H3/b13-11+,14-12+. The van der Waals surface area contributed by atoms with E-state index in [4.69, 9.17) is 10.5 Å². The van der Waals surface area contributed by atoms with E-state index in [-0.39, 0.29) is 0 Å². The number of nitrogens with zero attached hydrogens (tertiary/aromatic N) is 4. The zero-order valence-corrected chi connectivity index (χ0v) is 13.8. The highest BCUT2D eigenvalue weighted by Crippen LogP contribution is 2.18. The quantitative estimate of drug-likeness (QED) is 0.635. The Hall–Kier alpha value is -1.99. The molecule has 0 bridgehead atoms. The zero-order chi connectivity index (χ0) is 16.5. The fraction of sp³-hybridized carbons (Fsp3) is 0.571. The van der Waals surface area contributed by atoms with E-state index in [0.29, 0.717) is 26.2 Å². The van der Waals surface area contributed by atoms with Gasteiger partial charge in [0.05, 0.1) is 0 Å². The Kier molecular flexibility index (Phi) is 8.18. The first-order valence-corrected chi connectivity index (χ1v) is 8.36. The maximum absolute atomic E-state index is 12.4. The van der Waals surface area contributed by atoms with Crippen LogP contribution in [0, 0.1) is 22.7 Å². The van der Waals surface area contributed by atoms with Gasteiger partial charge in [0, 0.05) is 38.6 Å². The van der Waals surface area contributed by atoms with Crippen LogP contribution in [0.4, 0.5) is 0 Å². The third-order valence-electron chi connectivity index (χ3n) is 3.02. The van der Waals surface area contributed by atoms with Crippen molar-refractivity contribution in [1.82, 2.24) is 9.80 Å². The van der Waals surface area contributed by atoms with E-state index in [1.165, 1.54) is 12.4 Å². The van der Waals surface area contributed by atoms with Crippen LogP contribution in [-0.4, -0.2) is 44.4 Å². The van der Waals surface area contributed by atoms with E-state index >= 15 is 0 Å². The fourth-order valence-corrected chi connectivity index (χ4v) is 2.63. The minimum absolute atomic E-state index is 0.411. The molecule has 0 spiro atoms. The lowest BCUT2D eigenvalue weighted by Crippen LogP contribution is -2.20. The largest absolute Gasteiger partial charge is 0.376 e. The second-order valence-electron chi connectivity index (χ2n) is 4.16. The number of hydrogen-bond donors (Lipinski definition) is 0. The summed E-state index contributed by atoms with van der Waals surface area (Å²) in [6.07, 6.45) is 2.59. The van der Waals surface area contributed by atoms with Gasteiger partial charge in [-0.3, -0.25) is 0 Å². The van der Waals surface area contributed by atoms with Crippen molar-refractivity contribution in [3.05, 3.63) is 22.2 Å². The molecule has 0 unspecified atom stereocenters. The minimum Gasteiger partial charge on any atom is -0.376 e. The van der Waals surface area contributed by atoms with Gasteiger partial charge >= 0.3 is 0 Å². The molecule has 0 aliphatic heterocycles. The van der Waals surface area contributed by atoms with E-state index in [1.54, 1.807) is 21.9 Å². The van der Waals surface area contributed by atoms with Gasteiger partial charge in [0.2, 0.25) is 9.84 Å². The molecule has 0 aromatic heterocycles. The molecule has 0 aliphatic carbocycles. The molecule has 7 heteroatoms. The third-order valence-corrected chi connectivity index (χ3v) is 4.58. The Morgan fingerprint density at radius 1 is 0.857 bits per heavy atom. The molecule has 116 valence electrons. The summed E-state index contributed by atoms with van der Waals surface area (Å²) in [5.41, 5.74) is 0. The van der Waals surface area contributed by atoms with Crippen LogP contribution >= 0.6 is 0 Å². The van der Waals surface area contributed by atoms with E-state index < -0.39 is 19.6 Å². The second-order valence-corrected chi connectivity index (χ2v) is 6.04. The molecule has 0 rings (SSSR count). The van der Waals surface area contributed by atoms with Crippen LogP contribution in [0.25, 0.3) is 0 Å². The molecule has 0 fully saturated rings. The Morgan fingerprint density at radius 2 is 1.14 bits per heavy atom. The van der Waals surface area contributed by atoms with Gasteiger partial charge in [-0.2, -0.15) is 10.5 Å². The number of rotatable bonds is 8. The summed E-state index contributed by atoms with van der Waals surface area (Å²) < 4.78 is 24.8. The van der Waals surface area contributed by atoms with Crippen molar-refractivity contribution in [3.8, 4) is 12.1 Å². The SMILES string of the molecule is CCN(/C=C(\C#N)S(=O)(=O)/C(C#N)=C/N(CC)CC)CC. The van der Waals surface area contributed by atoms with E-state index in [1.807, 2.05) is 27.7 Å². The Labute approximate surface area is 127 Å². The van der Waals surface area contributed by atoms with Gasteiger partial charge in [0.15, 0.2) is 9.81 Å². The normalized spacial score (nSPS) is 12.5. The van der Waals surface area contributed by atoms with Crippen molar-refractivity contribution < 1.29 is 8.42 Å². The predicted octanol–water partition coefficient (Wildman–Crippen LogP) is 1.81. The van der Waals surface area contributed by atoms with E-state index in [0.717, 1.165) is 0 Å². The van der Waals surface area contributed by atoms with Gasteiger partial charge in [-0.1, -0.05) is 0 Å². The van der Waals surface area contributed by atoms with Crippen molar-refractivity contribution in [2.45, 2.75) is 27.7 Å². The number of sulfone groups is 1. The van der Waals surface area contributed by atoms with Gasteiger partial charge in [0.1, 0.15) is 12.1 Å². The monoisotopic (exact) mass is 310 g/mol. The van der Waals surface area contributed by atoms with Crippen molar-refractivity contribution in [1.29, 1.82) is 10.5 Å². The van der Waals surface area contributed by atoms with Gasteiger partial charge in [-0.25, -0.2) is 8.42 Å². The molecular weight excluding hydrogens is 288 g/mol. The van der Waals surface area contributed by atoms with E-state index in [2.05, 4.69) is 0 Å². The molecule has 0 aromatic rings. The van der Waals surface area contributed by atoms with E-state index in [9.17, 15) is 8.42 Å². The van der Waals surface area contributed by atoms with Crippen molar-refractivity contribution in [2.75, 3.05) is 26.2 Å². The summed E-state index contributed by atoms with van der Waals surface area (Å²) in [5, 5.41) is 18.2. The van der Waals surface area contributed by atoms with Gasteiger partial charge in [-0.15, -0.1) is 0 Å². The predicted molar refractivity (Wildman–Crippen MR) is 82.2 cm³/mol. The Morgan fingerprint density at radius 3 is 1.33 bits per heavy atom. The van der Waals surface area contributed by atoms with Crippen molar-refractivity contribution in [2.24, 2.45) is 0 Å². The summed E-state index contributed by atoms with van der Waals surface area (Å²) >= 11 is 0. The van der Waals surface area contributed by atoms with Crippen LogP contribution in [0.2, 0.25) is 0 Å². The molecule has 0 aliphatic rings. The second kappa shape index (κ2) is 9.04. The molecule has 0 amide bonds. The molecular formula is C14H22N4O2S. The number of nitriles is 2. The maximum Gasteiger partial charge on any atom is 0.229 e. The van der Waals surface area contributed by atoms with Gasteiger partial charge in [0.25, 0.3) is 0 Å². The third kappa shape index (κ3) is 5.13. The molecule has 0 radical (unpaired) electrons. The summed E-state index contributed by atoms with van der Waals surface area (Å²) in [4.78, 5) is 2.57. The lowest BCUT2D eigenvalue weighted by molar-refractivity contribution is 0.417. The van der Waals surface area contributed by atoms with Gasteiger partial charge < -0.3 is 9.80 Å². The molecule has 0 saturated heterocycles. The first-order valence-electron chi connectivity index (χ1n) is 6.88. The summed E-state index contributed by atoms with van der Waals surface area (Å²) in [7, 11) is -4.08. The van der Waals surface area contributed by atoms with Crippen LogP contribution < -0.4 is 0 Å². The summed E-state index contributed by atoms with van der Waals surface area (Å²) in [5.74, 6) is 0. The molecule has 21 heavy (non-hydrogen) atoms. The summed E-state index contributed by atoms with van der Waals surface area (Å²) in [6.45, 7) is 9.77. The van der Waals surface area contributed by atoms with Crippen molar-refractivity contribution >= 4 is 9.84 Å². The molecule has 0 aromatic carbocycles. The molecule has 0 atom stereocenters. The average molecular weight is 310 g/mol. The topological polar surface area (TPSA) is 88.2 Å². The van der Waals surface area contributed by atoms with Crippen LogP contribution in [0.5, 0.6) is 0 Å². The first kappa shape index (κ1) is 19.0. The molecule has 0 N–H and O–H groups in total.